The number of hydrogen-bond donors (Lipinski definition) is 1. The summed E-state index contributed by atoms with van der Waals surface area (Å²) in [5.74, 6) is -0.354. The summed E-state index contributed by atoms with van der Waals surface area (Å²) in [4.78, 5) is 16.2. The molecule has 0 aliphatic carbocycles. The molecule has 0 saturated heterocycles. The highest BCUT2D eigenvalue weighted by Gasteiger charge is 2.16. The average molecular weight is 293 g/mol. The third kappa shape index (κ3) is 2.48. The Balaban J connectivity index is 2.26. The number of nitrogens with zero attached hydrogens (tertiary/aromatic N) is 2. The van der Waals surface area contributed by atoms with Crippen LogP contribution in [0.4, 0.5) is 0 Å². The monoisotopic (exact) mass is 293 g/mol. The minimum atomic E-state index is -0.354. The van der Waals surface area contributed by atoms with Gasteiger partial charge in [0.1, 0.15) is 5.65 Å². The Hall–Kier alpha value is -2.62. The number of carbonyl (C=O) groups excluding carboxylic acids is 1. The van der Waals surface area contributed by atoms with Gasteiger partial charge in [0.2, 0.25) is 5.91 Å². The molecule has 0 unspecified atom stereocenters. The smallest absolute Gasteiger partial charge is 0.223 e. The van der Waals surface area contributed by atoms with E-state index in [0.717, 1.165) is 28.2 Å². The molecule has 2 N–H and O–H groups in total. The maximum atomic E-state index is 11.5. The Morgan fingerprint density at radius 1 is 1.14 bits per heavy atom. The van der Waals surface area contributed by atoms with Gasteiger partial charge in [-0.1, -0.05) is 12.1 Å². The van der Waals surface area contributed by atoms with Crippen LogP contribution in [-0.2, 0) is 11.2 Å². The summed E-state index contributed by atoms with van der Waals surface area (Å²) in [6.45, 7) is 6.18. The van der Waals surface area contributed by atoms with Gasteiger partial charge in [-0.2, -0.15) is 0 Å². The van der Waals surface area contributed by atoms with Crippen molar-refractivity contribution < 1.29 is 4.79 Å². The van der Waals surface area contributed by atoms with E-state index in [1.54, 1.807) is 0 Å². The lowest BCUT2D eigenvalue weighted by Crippen LogP contribution is -2.15. The normalized spacial score (nSPS) is 11.0. The molecule has 0 aliphatic rings. The van der Waals surface area contributed by atoms with Crippen LogP contribution in [0, 0.1) is 20.8 Å². The lowest BCUT2D eigenvalue weighted by atomic mass is 10.0. The van der Waals surface area contributed by atoms with Crippen molar-refractivity contribution in [1.82, 2.24) is 9.38 Å². The molecule has 1 amide bonds. The standard InChI is InChI=1S/C18H19N3O/c1-11-6-7-21-15(10-16(19)22)18(20-17(21)8-11)14-5-4-12(2)13(3)9-14/h4-9H,10H2,1-3H3,(H2,19,22). The SMILES string of the molecule is Cc1ccn2c(CC(N)=O)c(-c3ccc(C)c(C)c3)nc2c1. The Morgan fingerprint density at radius 2 is 1.91 bits per heavy atom. The first-order chi connectivity index (χ1) is 10.5. The van der Waals surface area contributed by atoms with E-state index in [1.165, 1.54) is 11.1 Å². The van der Waals surface area contributed by atoms with E-state index >= 15 is 0 Å². The molecule has 1 aromatic carbocycles. The van der Waals surface area contributed by atoms with Crippen LogP contribution in [0.15, 0.2) is 36.5 Å². The van der Waals surface area contributed by atoms with Crippen LogP contribution in [0.1, 0.15) is 22.4 Å². The first kappa shape index (κ1) is 14.3. The third-order valence-corrected chi connectivity index (χ3v) is 4.00. The summed E-state index contributed by atoms with van der Waals surface area (Å²) in [5.41, 5.74) is 12.5. The zero-order valence-corrected chi connectivity index (χ0v) is 13.1. The number of amides is 1. The highest BCUT2D eigenvalue weighted by atomic mass is 16.1. The van der Waals surface area contributed by atoms with Crippen LogP contribution in [0.25, 0.3) is 16.9 Å². The minimum absolute atomic E-state index is 0.173. The molecule has 0 aliphatic heterocycles. The zero-order valence-electron chi connectivity index (χ0n) is 13.1. The van der Waals surface area contributed by atoms with E-state index < -0.39 is 0 Å². The van der Waals surface area contributed by atoms with Crippen molar-refractivity contribution in [1.29, 1.82) is 0 Å². The van der Waals surface area contributed by atoms with E-state index in [0.29, 0.717) is 0 Å². The van der Waals surface area contributed by atoms with Gasteiger partial charge in [0.15, 0.2) is 0 Å². The van der Waals surface area contributed by atoms with E-state index in [-0.39, 0.29) is 12.3 Å². The Labute approximate surface area is 129 Å². The first-order valence-corrected chi connectivity index (χ1v) is 7.29. The second-order valence-electron chi connectivity index (χ2n) is 5.78. The number of aromatic nitrogens is 2. The highest BCUT2D eigenvalue weighted by Crippen LogP contribution is 2.27. The number of primary amides is 1. The van der Waals surface area contributed by atoms with Crippen molar-refractivity contribution in [3.05, 3.63) is 58.9 Å². The quantitative estimate of drug-likeness (QED) is 0.807. The van der Waals surface area contributed by atoms with Crippen molar-refractivity contribution in [2.24, 2.45) is 5.73 Å². The summed E-state index contributed by atoms with van der Waals surface area (Å²) < 4.78 is 1.95. The van der Waals surface area contributed by atoms with Gasteiger partial charge in [0.05, 0.1) is 17.8 Å². The Bertz CT molecular complexity index is 877. The summed E-state index contributed by atoms with van der Waals surface area (Å²) >= 11 is 0. The van der Waals surface area contributed by atoms with Crippen molar-refractivity contribution >= 4 is 11.6 Å². The molecule has 4 nitrogen and oxygen atoms in total. The van der Waals surface area contributed by atoms with Crippen molar-refractivity contribution in [3.8, 4) is 11.3 Å². The lowest BCUT2D eigenvalue weighted by molar-refractivity contribution is -0.117. The summed E-state index contributed by atoms with van der Waals surface area (Å²) in [5, 5.41) is 0. The molecular formula is C18H19N3O. The molecule has 2 aromatic heterocycles. The van der Waals surface area contributed by atoms with Crippen LogP contribution in [0.5, 0.6) is 0 Å². The molecule has 0 bridgehead atoms. The van der Waals surface area contributed by atoms with Crippen molar-refractivity contribution in [3.63, 3.8) is 0 Å². The number of hydrogen-bond acceptors (Lipinski definition) is 2. The van der Waals surface area contributed by atoms with Crippen LogP contribution >= 0.6 is 0 Å². The van der Waals surface area contributed by atoms with Gasteiger partial charge in [-0.3, -0.25) is 4.79 Å². The number of pyridine rings is 1. The van der Waals surface area contributed by atoms with E-state index in [9.17, 15) is 4.79 Å². The van der Waals surface area contributed by atoms with Crippen LogP contribution in [0.2, 0.25) is 0 Å². The number of nitrogens with two attached hydrogens (primary N) is 1. The third-order valence-electron chi connectivity index (χ3n) is 4.00. The zero-order chi connectivity index (χ0) is 15.9. The number of rotatable bonds is 3. The van der Waals surface area contributed by atoms with Crippen molar-refractivity contribution in [2.45, 2.75) is 27.2 Å². The number of fused-ring (bicyclic) bond motifs is 1. The van der Waals surface area contributed by atoms with Gasteiger partial charge >= 0.3 is 0 Å². The largest absolute Gasteiger partial charge is 0.369 e. The number of benzene rings is 1. The van der Waals surface area contributed by atoms with E-state index in [4.69, 9.17) is 10.7 Å². The predicted molar refractivity (Wildman–Crippen MR) is 87.7 cm³/mol. The van der Waals surface area contributed by atoms with Gasteiger partial charge in [-0.05, 0) is 55.7 Å². The molecule has 3 aromatic rings. The molecule has 0 atom stereocenters. The molecule has 0 spiro atoms. The molecular weight excluding hydrogens is 274 g/mol. The summed E-state index contributed by atoms with van der Waals surface area (Å²) in [6.07, 6.45) is 2.12. The number of aryl methyl sites for hydroxylation is 3. The van der Waals surface area contributed by atoms with Gasteiger partial charge in [0.25, 0.3) is 0 Å². The van der Waals surface area contributed by atoms with Gasteiger partial charge in [-0.15, -0.1) is 0 Å². The van der Waals surface area contributed by atoms with Crippen molar-refractivity contribution in [2.75, 3.05) is 0 Å². The van der Waals surface area contributed by atoms with Gasteiger partial charge < -0.3 is 10.1 Å². The average Bonchev–Trinajstić information content (AvgIpc) is 2.79. The van der Waals surface area contributed by atoms with Crippen LogP contribution < -0.4 is 5.73 Å². The maximum absolute atomic E-state index is 11.5. The molecule has 0 fully saturated rings. The van der Waals surface area contributed by atoms with Crippen LogP contribution in [0.3, 0.4) is 0 Å². The molecule has 2 heterocycles. The minimum Gasteiger partial charge on any atom is -0.369 e. The Kier molecular flexibility index (Phi) is 3.45. The summed E-state index contributed by atoms with van der Waals surface area (Å²) in [7, 11) is 0. The fourth-order valence-electron chi connectivity index (χ4n) is 2.65. The fraction of sp³-hybridized carbons (Fsp3) is 0.222. The lowest BCUT2D eigenvalue weighted by Gasteiger charge is -2.06. The van der Waals surface area contributed by atoms with E-state index in [1.807, 2.05) is 35.7 Å². The molecule has 4 heteroatoms. The molecule has 0 saturated carbocycles. The first-order valence-electron chi connectivity index (χ1n) is 7.29. The van der Waals surface area contributed by atoms with Gasteiger partial charge in [-0.25, -0.2) is 4.98 Å². The van der Waals surface area contributed by atoms with Crippen LogP contribution in [-0.4, -0.2) is 15.3 Å². The van der Waals surface area contributed by atoms with E-state index in [2.05, 4.69) is 26.0 Å². The number of carbonyl (C=O) groups is 1. The molecule has 3 rings (SSSR count). The molecule has 0 radical (unpaired) electrons. The predicted octanol–water partition coefficient (Wildman–Crippen LogP) is 2.95. The highest BCUT2D eigenvalue weighted by molar-refractivity contribution is 5.80. The molecule has 112 valence electrons. The van der Waals surface area contributed by atoms with Gasteiger partial charge in [0, 0.05) is 11.8 Å². The topological polar surface area (TPSA) is 60.4 Å². The second kappa shape index (κ2) is 5.30. The number of imidazole rings is 1. The summed E-state index contributed by atoms with van der Waals surface area (Å²) in [6, 6.07) is 10.2. The Morgan fingerprint density at radius 3 is 2.59 bits per heavy atom. The maximum Gasteiger partial charge on any atom is 0.223 e. The second-order valence-corrected chi connectivity index (χ2v) is 5.78. The fourth-order valence-corrected chi connectivity index (χ4v) is 2.65. The molecule has 22 heavy (non-hydrogen) atoms.